The highest BCUT2D eigenvalue weighted by Gasteiger charge is 2.25. The van der Waals surface area contributed by atoms with Gasteiger partial charge in [-0.15, -0.1) is 0 Å². The first kappa shape index (κ1) is 47.2. The third-order valence-electron chi connectivity index (χ3n) is 14.3. The minimum atomic E-state index is 0.481. The van der Waals surface area contributed by atoms with E-state index in [4.69, 9.17) is 13.1 Å². The fourth-order valence-electron chi connectivity index (χ4n) is 10.6. The number of para-hydroxylation sites is 2. The standard InChI is InChI=1S/C70H38N8/c1-75-59-27-19-49(20-28-59)57-35-55(47-15-11-45(41-71)12-16-47)37-61(39-57)77(65-9-5-3-7-53(65)43-73)67-33-25-51-24-32-64-68(34-26-52-23-31-63(67)69(51)70(52)64)78(66-10-6-4-8-54(66)44-74)62-38-56(48-17-13-46(42-72)14-18-48)36-58(40-62)50-21-29-60(76-2)30-22-50/h3-40H. The molecule has 78 heavy (non-hydrogen) atoms. The molecular formula is C70H38N8. The number of anilines is 6. The molecule has 12 aromatic rings. The highest BCUT2D eigenvalue weighted by atomic mass is 15.2. The first-order valence-electron chi connectivity index (χ1n) is 24.9. The molecule has 0 heterocycles. The first-order chi connectivity index (χ1) is 38.4. The summed E-state index contributed by atoms with van der Waals surface area (Å²) in [7, 11) is 0. The second kappa shape index (κ2) is 19.9. The van der Waals surface area contributed by atoms with Gasteiger partial charge < -0.3 is 9.80 Å². The highest BCUT2D eigenvalue weighted by Crippen LogP contribution is 2.50. The topological polar surface area (TPSA) is 110 Å². The molecule has 0 radical (unpaired) electrons. The van der Waals surface area contributed by atoms with Crippen molar-refractivity contribution in [3.63, 3.8) is 0 Å². The van der Waals surface area contributed by atoms with Crippen LogP contribution < -0.4 is 9.80 Å². The lowest BCUT2D eigenvalue weighted by Gasteiger charge is -2.31. The predicted octanol–water partition coefficient (Wildman–Crippen LogP) is 18.8. The molecule has 12 rings (SSSR count). The monoisotopic (exact) mass is 990 g/mol. The average molecular weight is 991 g/mol. The molecule has 8 heteroatoms. The van der Waals surface area contributed by atoms with Crippen molar-refractivity contribution in [3.05, 3.63) is 276 Å². The molecule has 0 fully saturated rings. The van der Waals surface area contributed by atoms with Crippen molar-refractivity contribution in [2.45, 2.75) is 0 Å². The minimum Gasteiger partial charge on any atom is -0.308 e. The van der Waals surface area contributed by atoms with Gasteiger partial charge in [0.25, 0.3) is 0 Å². The predicted molar refractivity (Wildman–Crippen MR) is 313 cm³/mol. The molecule has 0 saturated heterocycles. The molecular weight excluding hydrogens is 953 g/mol. The summed E-state index contributed by atoms with van der Waals surface area (Å²) in [6.45, 7) is 15.3. The average Bonchev–Trinajstić information content (AvgIpc) is 3.70. The summed E-state index contributed by atoms with van der Waals surface area (Å²) in [4.78, 5) is 11.6. The molecule has 0 aliphatic carbocycles. The number of rotatable bonds is 10. The second-order valence-corrected chi connectivity index (χ2v) is 18.8. The Morgan fingerprint density at radius 2 is 0.641 bits per heavy atom. The van der Waals surface area contributed by atoms with Crippen LogP contribution in [0.3, 0.4) is 0 Å². The molecule has 12 aromatic carbocycles. The lowest BCUT2D eigenvalue weighted by molar-refractivity contribution is 1.28. The Morgan fingerprint density at radius 3 is 0.974 bits per heavy atom. The molecule has 0 saturated carbocycles. The van der Waals surface area contributed by atoms with Gasteiger partial charge in [0.15, 0.2) is 11.4 Å². The zero-order valence-corrected chi connectivity index (χ0v) is 41.5. The van der Waals surface area contributed by atoms with E-state index in [1.54, 1.807) is 0 Å². The third kappa shape index (κ3) is 8.46. The van der Waals surface area contributed by atoms with Gasteiger partial charge >= 0.3 is 0 Å². The van der Waals surface area contributed by atoms with Crippen molar-refractivity contribution in [1.29, 1.82) is 21.0 Å². The van der Waals surface area contributed by atoms with E-state index in [-0.39, 0.29) is 0 Å². The van der Waals surface area contributed by atoms with Crippen molar-refractivity contribution in [1.82, 2.24) is 0 Å². The number of nitriles is 4. The van der Waals surface area contributed by atoms with E-state index in [2.05, 4.69) is 129 Å². The van der Waals surface area contributed by atoms with Crippen LogP contribution in [0.15, 0.2) is 231 Å². The van der Waals surface area contributed by atoms with E-state index >= 15 is 0 Å². The lowest BCUT2D eigenvalue weighted by Crippen LogP contribution is -2.13. The first-order valence-corrected chi connectivity index (χ1v) is 24.9. The number of hydrogen-bond donors (Lipinski definition) is 0. The van der Waals surface area contributed by atoms with Crippen LogP contribution in [0, 0.1) is 58.5 Å². The van der Waals surface area contributed by atoms with Crippen molar-refractivity contribution < 1.29 is 0 Å². The van der Waals surface area contributed by atoms with Gasteiger partial charge in [0, 0.05) is 22.1 Å². The van der Waals surface area contributed by atoms with Gasteiger partial charge in [0.1, 0.15) is 12.1 Å². The van der Waals surface area contributed by atoms with E-state index in [9.17, 15) is 21.0 Å². The van der Waals surface area contributed by atoms with Gasteiger partial charge in [0.05, 0.1) is 70.3 Å². The van der Waals surface area contributed by atoms with Crippen LogP contribution in [0.1, 0.15) is 22.3 Å². The lowest BCUT2D eigenvalue weighted by atomic mass is 9.91. The van der Waals surface area contributed by atoms with Gasteiger partial charge in [-0.2, -0.15) is 21.0 Å². The number of nitrogens with zero attached hydrogens (tertiary/aromatic N) is 8. The Kier molecular flexibility index (Phi) is 12.1. The van der Waals surface area contributed by atoms with Gasteiger partial charge in [-0.25, -0.2) is 9.69 Å². The summed E-state index contributed by atoms with van der Waals surface area (Å²) in [6.07, 6.45) is 0. The van der Waals surface area contributed by atoms with Gasteiger partial charge in [-0.1, -0.05) is 133 Å². The Balaban J connectivity index is 1.12. The normalized spacial score (nSPS) is 10.7. The summed E-state index contributed by atoms with van der Waals surface area (Å²) in [5.74, 6) is 0. The van der Waals surface area contributed by atoms with E-state index in [1.165, 1.54) is 0 Å². The van der Waals surface area contributed by atoms with Crippen molar-refractivity contribution in [2.24, 2.45) is 0 Å². The van der Waals surface area contributed by atoms with Crippen LogP contribution in [-0.4, -0.2) is 0 Å². The van der Waals surface area contributed by atoms with E-state index < -0.39 is 0 Å². The van der Waals surface area contributed by atoms with Gasteiger partial charge in [0.2, 0.25) is 0 Å². The quantitative estimate of drug-likeness (QED) is 0.0997. The third-order valence-corrected chi connectivity index (χ3v) is 14.3. The summed E-state index contributed by atoms with van der Waals surface area (Å²) in [5.41, 5.74) is 15.0. The molecule has 0 N–H and O–H groups in total. The molecule has 0 bridgehead atoms. The van der Waals surface area contributed by atoms with Crippen LogP contribution in [0.2, 0.25) is 0 Å². The summed E-state index contributed by atoms with van der Waals surface area (Å²) in [5, 5.41) is 47.0. The van der Waals surface area contributed by atoms with Crippen LogP contribution in [0.5, 0.6) is 0 Å². The van der Waals surface area contributed by atoms with E-state index in [0.29, 0.717) is 45.0 Å². The highest BCUT2D eigenvalue weighted by molar-refractivity contribution is 6.28. The Bertz CT molecular complexity index is 4160. The summed E-state index contributed by atoms with van der Waals surface area (Å²) in [6, 6.07) is 84.6. The van der Waals surface area contributed by atoms with Gasteiger partial charge in [-0.05, 0) is 163 Å². The molecule has 358 valence electrons. The molecule has 0 aromatic heterocycles. The number of benzene rings is 12. The molecule has 0 spiro atoms. The number of hydrogen-bond acceptors (Lipinski definition) is 6. The van der Waals surface area contributed by atoms with Crippen LogP contribution in [0.25, 0.3) is 86.5 Å². The van der Waals surface area contributed by atoms with Crippen LogP contribution in [0.4, 0.5) is 45.5 Å². The van der Waals surface area contributed by atoms with Crippen molar-refractivity contribution in [3.8, 4) is 68.8 Å². The minimum absolute atomic E-state index is 0.481. The Morgan fingerprint density at radius 1 is 0.308 bits per heavy atom. The zero-order valence-electron chi connectivity index (χ0n) is 41.5. The smallest absolute Gasteiger partial charge is 0.187 e. The Hall–Kier alpha value is -11.8. The molecule has 8 nitrogen and oxygen atoms in total. The molecule has 0 aliphatic heterocycles. The van der Waals surface area contributed by atoms with Crippen LogP contribution in [-0.2, 0) is 0 Å². The fraction of sp³-hybridized carbons (Fsp3) is 0. The maximum atomic E-state index is 10.8. The van der Waals surface area contributed by atoms with Crippen molar-refractivity contribution >= 4 is 77.8 Å². The zero-order chi connectivity index (χ0) is 53.3. The van der Waals surface area contributed by atoms with E-state index in [0.717, 1.165) is 99.6 Å². The van der Waals surface area contributed by atoms with E-state index in [1.807, 2.05) is 146 Å². The maximum absolute atomic E-state index is 10.8. The second-order valence-electron chi connectivity index (χ2n) is 18.8. The largest absolute Gasteiger partial charge is 0.308 e. The molecule has 0 atom stereocenters. The fourth-order valence-corrected chi connectivity index (χ4v) is 10.6. The molecule has 0 unspecified atom stereocenters. The molecule has 0 amide bonds. The Labute approximate surface area is 450 Å². The van der Waals surface area contributed by atoms with Gasteiger partial charge in [-0.3, -0.25) is 0 Å². The SMILES string of the molecule is [C-]#[N+]c1ccc(-c2cc(-c3ccc(C#N)cc3)cc(N(c3ccccc3C#N)c3ccc4ccc5c(N(c6cc(-c7ccc(C#N)cc7)cc(-c7ccc([N+]#[C-])cc7)c6)c6ccccc6C#N)ccc6ccc3c4c65)c2)cc1. The summed E-state index contributed by atoms with van der Waals surface area (Å²) < 4.78 is 0. The maximum Gasteiger partial charge on any atom is 0.187 e. The van der Waals surface area contributed by atoms with Crippen LogP contribution >= 0.6 is 0 Å². The summed E-state index contributed by atoms with van der Waals surface area (Å²) >= 11 is 0. The molecule has 0 aliphatic rings. The van der Waals surface area contributed by atoms with Crippen molar-refractivity contribution in [2.75, 3.05) is 9.80 Å².